The number of methoxy groups -OCH3 is 1. The minimum atomic E-state index is -1.02. The molecule has 0 saturated carbocycles. The molecule has 0 atom stereocenters. The van der Waals surface area contributed by atoms with E-state index in [1.165, 1.54) is 18.1 Å². The first kappa shape index (κ1) is 11.5. The van der Waals surface area contributed by atoms with Crippen LogP contribution in [-0.4, -0.2) is 28.2 Å². The Morgan fingerprint density at radius 1 is 1.41 bits per heavy atom. The van der Waals surface area contributed by atoms with Gasteiger partial charge >= 0.3 is 5.97 Å². The fourth-order valence-corrected chi connectivity index (χ4v) is 2.12. The summed E-state index contributed by atoms with van der Waals surface area (Å²) in [5, 5.41) is 9.36. The number of aromatic nitrogens is 2. The average molecular weight is 250 g/mol. The number of ether oxygens (including phenoxy) is 1. The van der Waals surface area contributed by atoms with E-state index in [0.29, 0.717) is 5.03 Å². The highest BCUT2D eigenvalue weighted by Crippen LogP contribution is 2.29. The van der Waals surface area contributed by atoms with Crippen LogP contribution in [0.2, 0.25) is 0 Å². The van der Waals surface area contributed by atoms with E-state index in [0.717, 1.165) is 10.6 Å². The maximum absolute atomic E-state index is 10.9. The van der Waals surface area contributed by atoms with E-state index in [9.17, 15) is 4.79 Å². The SMILES string of the molecule is COc1ccc(Sc2nc[nH]c2C(=O)O)cc1. The highest BCUT2D eigenvalue weighted by Gasteiger charge is 2.13. The third-order valence-electron chi connectivity index (χ3n) is 2.09. The minimum Gasteiger partial charge on any atom is -0.497 e. The Balaban J connectivity index is 2.19. The van der Waals surface area contributed by atoms with E-state index in [4.69, 9.17) is 9.84 Å². The Morgan fingerprint density at radius 3 is 2.71 bits per heavy atom. The van der Waals surface area contributed by atoms with Gasteiger partial charge in [-0.2, -0.15) is 0 Å². The van der Waals surface area contributed by atoms with Crippen molar-refractivity contribution < 1.29 is 14.6 Å². The second-order valence-corrected chi connectivity index (χ2v) is 4.23. The van der Waals surface area contributed by atoms with Crippen LogP contribution < -0.4 is 4.74 Å². The van der Waals surface area contributed by atoms with Crippen molar-refractivity contribution in [3.63, 3.8) is 0 Å². The Labute approximate surface area is 102 Å². The number of aromatic amines is 1. The molecular formula is C11H10N2O3S. The van der Waals surface area contributed by atoms with Gasteiger partial charge in [-0.25, -0.2) is 9.78 Å². The van der Waals surface area contributed by atoms with Gasteiger partial charge in [0.25, 0.3) is 0 Å². The molecule has 0 bridgehead atoms. The van der Waals surface area contributed by atoms with Crippen LogP contribution in [0.1, 0.15) is 10.5 Å². The van der Waals surface area contributed by atoms with Crippen molar-refractivity contribution in [3.8, 4) is 5.75 Å². The summed E-state index contributed by atoms with van der Waals surface area (Å²) in [6, 6.07) is 7.33. The molecule has 0 spiro atoms. The first-order valence-electron chi connectivity index (χ1n) is 4.79. The van der Waals surface area contributed by atoms with Crippen LogP contribution in [0.4, 0.5) is 0 Å². The smallest absolute Gasteiger partial charge is 0.355 e. The summed E-state index contributed by atoms with van der Waals surface area (Å²) in [4.78, 5) is 18.3. The monoisotopic (exact) mass is 250 g/mol. The summed E-state index contributed by atoms with van der Waals surface area (Å²) < 4.78 is 5.04. The topological polar surface area (TPSA) is 75.2 Å². The van der Waals surface area contributed by atoms with E-state index >= 15 is 0 Å². The molecule has 0 radical (unpaired) electrons. The van der Waals surface area contributed by atoms with Gasteiger partial charge in [0.1, 0.15) is 10.8 Å². The van der Waals surface area contributed by atoms with Gasteiger partial charge < -0.3 is 14.8 Å². The van der Waals surface area contributed by atoms with E-state index in [-0.39, 0.29) is 5.69 Å². The van der Waals surface area contributed by atoms with E-state index in [2.05, 4.69) is 9.97 Å². The second-order valence-electron chi connectivity index (χ2n) is 3.17. The lowest BCUT2D eigenvalue weighted by molar-refractivity contribution is 0.0687. The number of benzene rings is 1. The Morgan fingerprint density at radius 2 is 2.12 bits per heavy atom. The zero-order valence-corrected chi connectivity index (χ0v) is 9.82. The highest BCUT2D eigenvalue weighted by atomic mass is 32.2. The third kappa shape index (κ3) is 2.59. The maximum atomic E-state index is 10.9. The summed E-state index contributed by atoms with van der Waals surface area (Å²) in [5.74, 6) is -0.256. The number of H-pyrrole nitrogens is 1. The lowest BCUT2D eigenvalue weighted by atomic mass is 10.3. The predicted octanol–water partition coefficient (Wildman–Crippen LogP) is 2.27. The van der Waals surface area contributed by atoms with Gasteiger partial charge in [0, 0.05) is 4.90 Å². The van der Waals surface area contributed by atoms with Gasteiger partial charge in [-0.1, -0.05) is 11.8 Å². The molecule has 1 heterocycles. The molecule has 0 amide bonds. The first-order valence-corrected chi connectivity index (χ1v) is 5.61. The van der Waals surface area contributed by atoms with E-state index in [1.807, 2.05) is 24.3 Å². The number of imidazole rings is 1. The van der Waals surface area contributed by atoms with Gasteiger partial charge in [0.05, 0.1) is 13.4 Å². The molecule has 2 aromatic rings. The number of hydrogen-bond acceptors (Lipinski definition) is 4. The molecule has 2 rings (SSSR count). The summed E-state index contributed by atoms with van der Waals surface area (Å²) in [6.45, 7) is 0. The number of nitrogens with one attached hydrogen (secondary N) is 1. The number of carboxylic acid groups (broad SMARTS) is 1. The molecule has 0 saturated heterocycles. The minimum absolute atomic E-state index is 0.103. The van der Waals surface area contributed by atoms with Gasteiger partial charge in [0.2, 0.25) is 0 Å². The fourth-order valence-electron chi connectivity index (χ4n) is 1.27. The number of rotatable bonds is 4. The molecule has 17 heavy (non-hydrogen) atoms. The molecular weight excluding hydrogens is 240 g/mol. The number of aromatic carboxylic acids is 1. The van der Waals surface area contributed by atoms with Gasteiger partial charge in [-0.05, 0) is 24.3 Å². The molecule has 5 nitrogen and oxygen atoms in total. The molecule has 0 aliphatic rings. The molecule has 6 heteroatoms. The predicted molar refractivity (Wildman–Crippen MR) is 62.7 cm³/mol. The zero-order chi connectivity index (χ0) is 12.3. The molecule has 0 aliphatic carbocycles. The van der Waals surface area contributed by atoms with Crippen LogP contribution >= 0.6 is 11.8 Å². The summed E-state index contributed by atoms with van der Waals surface area (Å²) in [5.41, 5.74) is 0.103. The van der Waals surface area contributed by atoms with Crippen LogP contribution in [0, 0.1) is 0 Å². The van der Waals surface area contributed by atoms with E-state index in [1.54, 1.807) is 7.11 Å². The molecule has 1 aromatic heterocycles. The number of hydrogen-bond donors (Lipinski definition) is 2. The normalized spacial score (nSPS) is 10.2. The van der Waals surface area contributed by atoms with Crippen LogP contribution in [0.5, 0.6) is 5.75 Å². The quantitative estimate of drug-likeness (QED) is 0.870. The number of carboxylic acids is 1. The zero-order valence-electron chi connectivity index (χ0n) is 9.01. The van der Waals surface area contributed by atoms with Crippen molar-refractivity contribution >= 4 is 17.7 Å². The van der Waals surface area contributed by atoms with Crippen LogP contribution in [0.25, 0.3) is 0 Å². The Hall–Kier alpha value is -1.95. The van der Waals surface area contributed by atoms with Gasteiger partial charge in [0.15, 0.2) is 5.69 Å². The van der Waals surface area contributed by atoms with Crippen molar-refractivity contribution in [1.82, 2.24) is 9.97 Å². The van der Waals surface area contributed by atoms with Crippen LogP contribution in [0.3, 0.4) is 0 Å². The number of carbonyl (C=O) groups is 1. The molecule has 88 valence electrons. The second kappa shape index (κ2) is 4.92. The Kier molecular flexibility index (Phi) is 3.34. The van der Waals surface area contributed by atoms with Crippen LogP contribution in [-0.2, 0) is 0 Å². The summed E-state index contributed by atoms with van der Waals surface area (Å²) in [7, 11) is 1.60. The maximum Gasteiger partial charge on any atom is 0.355 e. The highest BCUT2D eigenvalue weighted by molar-refractivity contribution is 7.99. The molecule has 0 aliphatic heterocycles. The largest absolute Gasteiger partial charge is 0.497 e. The Bertz CT molecular complexity index is 522. The van der Waals surface area contributed by atoms with E-state index < -0.39 is 5.97 Å². The fraction of sp³-hybridized carbons (Fsp3) is 0.0909. The summed E-state index contributed by atoms with van der Waals surface area (Å²) in [6.07, 6.45) is 1.37. The van der Waals surface area contributed by atoms with Crippen molar-refractivity contribution in [3.05, 3.63) is 36.3 Å². The van der Waals surface area contributed by atoms with Gasteiger partial charge in [-0.15, -0.1) is 0 Å². The molecule has 1 aromatic carbocycles. The first-order chi connectivity index (χ1) is 8.20. The van der Waals surface area contributed by atoms with Crippen molar-refractivity contribution in [2.45, 2.75) is 9.92 Å². The summed E-state index contributed by atoms with van der Waals surface area (Å²) >= 11 is 1.29. The van der Waals surface area contributed by atoms with Crippen LogP contribution in [0.15, 0.2) is 40.5 Å². The van der Waals surface area contributed by atoms with Crippen molar-refractivity contribution in [2.24, 2.45) is 0 Å². The van der Waals surface area contributed by atoms with Crippen molar-refractivity contribution in [2.75, 3.05) is 7.11 Å². The van der Waals surface area contributed by atoms with Gasteiger partial charge in [-0.3, -0.25) is 0 Å². The molecule has 2 N–H and O–H groups in total. The molecule has 0 unspecified atom stereocenters. The average Bonchev–Trinajstić information content (AvgIpc) is 2.78. The lowest BCUT2D eigenvalue weighted by Crippen LogP contribution is -1.98. The third-order valence-corrected chi connectivity index (χ3v) is 3.10. The molecule has 0 fully saturated rings. The number of nitrogens with zero attached hydrogens (tertiary/aromatic N) is 1. The van der Waals surface area contributed by atoms with Crippen molar-refractivity contribution in [1.29, 1.82) is 0 Å². The standard InChI is InChI=1S/C11H10N2O3S/c1-16-7-2-4-8(5-3-7)17-10-9(11(14)15)12-6-13-10/h2-6H,1H3,(H,12,13)(H,14,15). The lowest BCUT2D eigenvalue weighted by Gasteiger charge is -2.02.